The number of amides is 1. The Hall–Kier alpha value is -1.61. The predicted octanol–water partition coefficient (Wildman–Crippen LogP) is 3.34. The highest BCUT2D eigenvalue weighted by Gasteiger charge is 2.17. The molecule has 2 N–H and O–H groups in total. The Morgan fingerprint density at radius 3 is 2.95 bits per heavy atom. The Morgan fingerprint density at radius 2 is 2.33 bits per heavy atom. The molecule has 0 saturated heterocycles. The molecule has 0 aliphatic carbocycles. The molecule has 0 radical (unpaired) electrons. The number of rotatable bonds is 4. The first-order valence-corrected chi connectivity index (χ1v) is 8.39. The van der Waals surface area contributed by atoms with Crippen molar-refractivity contribution >= 4 is 28.6 Å². The summed E-state index contributed by atoms with van der Waals surface area (Å²) in [5.74, 6) is 5.42. The maximum atomic E-state index is 12.4. The average molecular weight is 319 g/mol. The molecule has 0 bridgehead atoms. The van der Waals surface area contributed by atoms with Gasteiger partial charge in [0.2, 0.25) is 0 Å². The summed E-state index contributed by atoms with van der Waals surface area (Å²) in [4.78, 5) is 15.0. The lowest BCUT2D eigenvalue weighted by Crippen LogP contribution is -2.26. The molecular weight excluding hydrogens is 302 g/mol. The zero-order valence-electron chi connectivity index (χ0n) is 12.0. The Morgan fingerprint density at radius 1 is 1.52 bits per heavy atom. The minimum absolute atomic E-state index is 0.0480. The molecule has 110 valence electrons. The van der Waals surface area contributed by atoms with Crippen molar-refractivity contribution in [3.8, 4) is 11.8 Å². The fraction of sp³-hybridized carbons (Fsp3) is 0.312. The third-order valence-electron chi connectivity index (χ3n) is 3.02. The summed E-state index contributed by atoms with van der Waals surface area (Å²) in [6.07, 6.45) is 0.855. The zero-order valence-corrected chi connectivity index (χ0v) is 13.6. The van der Waals surface area contributed by atoms with Crippen LogP contribution in [0.5, 0.6) is 0 Å². The van der Waals surface area contributed by atoms with E-state index in [2.05, 4.69) is 24.1 Å². The van der Waals surface area contributed by atoms with Crippen LogP contribution in [-0.4, -0.2) is 17.6 Å². The summed E-state index contributed by atoms with van der Waals surface area (Å²) >= 11 is 3.01. The van der Waals surface area contributed by atoms with Gasteiger partial charge in [0.05, 0.1) is 15.8 Å². The summed E-state index contributed by atoms with van der Waals surface area (Å²) in [7, 11) is 0. The fourth-order valence-corrected chi connectivity index (χ4v) is 3.74. The van der Waals surface area contributed by atoms with E-state index in [1.54, 1.807) is 11.3 Å². The van der Waals surface area contributed by atoms with Crippen molar-refractivity contribution in [2.75, 3.05) is 6.61 Å². The first kappa shape index (κ1) is 15.8. The normalized spacial score (nSPS) is 11.6. The fourth-order valence-electron chi connectivity index (χ4n) is 1.93. The van der Waals surface area contributed by atoms with E-state index in [0.29, 0.717) is 4.88 Å². The molecule has 0 fully saturated rings. The van der Waals surface area contributed by atoms with Crippen LogP contribution in [0.2, 0.25) is 0 Å². The molecule has 2 aromatic rings. The minimum Gasteiger partial charge on any atom is -0.384 e. The highest BCUT2D eigenvalue weighted by atomic mass is 32.1. The van der Waals surface area contributed by atoms with Crippen molar-refractivity contribution in [1.82, 2.24) is 5.32 Å². The molecule has 2 heterocycles. The molecular formula is C16H17NO2S2. The maximum Gasteiger partial charge on any atom is 0.261 e. The second-order valence-electron chi connectivity index (χ2n) is 4.53. The zero-order chi connectivity index (χ0) is 15.2. The van der Waals surface area contributed by atoms with Crippen LogP contribution in [0.4, 0.5) is 0 Å². The van der Waals surface area contributed by atoms with E-state index < -0.39 is 0 Å². The molecule has 1 amide bonds. The van der Waals surface area contributed by atoms with Crippen molar-refractivity contribution in [1.29, 1.82) is 0 Å². The Balaban J connectivity index is 2.13. The molecule has 1 atom stereocenters. The van der Waals surface area contributed by atoms with Crippen LogP contribution in [-0.2, 0) is 0 Å². The molecule has 2 aromatic heterocycles. The number of aryl methyl sites for hydroxylation is 1. The molecule has 21 heavy (non-hydrogen) atoms. The first-order chi connectivity index (χ1) is 10.2. The lowest BCUT2D eigenvalue weighted by atomic mass is 10.2. The lowest BCUT2D eigenvalue weighted by Gasteiger charge is -2.14. The van der Waals surface area contributed by atoms with Crippen LogP contribution in [0.15, 0.2) is 23.6 Å². The van der Waals surface area contributed by atoms with Gasteiger partial charge in [-0.25, -0.2) is 0 Å². The number of carbonyl (C=O) groups excluding carboxylic acids is 1. The molecule has 3 nitrogen and oxygen atoms in total. The highest BCUT2D eigenvalue weighted by molar-refractivity contribution is 7.14. The van der Waals surface area contributed by atoms with Gasteiger partial charge >= 0.3 is 0 Å². The topological polar surface area (TPSA) is 49.3 Å². The van der Waals surface area contributed by atoms with Crippen molar-refractivity contribution in [2.45, 2.75) is 26.3 Å². The molecule has 2 rings (SSSR count). The first-order valence-electron chi connectivity index (χ1n) is 6.70. The maximum absolute atomic E-state index is 12.4. The van der Waals surface area contributed by atoms with Gasteiger partial charge in [-0.1, -0.05) is 24.8 Å². The van der Waals surface area contributed by atoms with E-state index in [4.69, 9.17) is 5.11 Å². The molecule has 0 saturated carbocycles. The van der Waals surface area contributed by atoms with Gasteiger partial charge < -0.3 is 10.4 Å². The minimum atomic E-state index is -0.171. The highest BCUT2D eigenvalue weighted by Crippen LogP contribution is 2.25. The van der Waals surface area contributed by atoms with Crippen molar-refractivity contribution < 1.29 is 9.90 Å². The number of thiophene rings is 2. The summed E-state index contributed by atoms with van der Waals surface area (Å²) in [6.45, 7) is 3.81. The van der Waals surface area contributed by atoms with Gasteiger partial charge in [-0.15, -0.1) is 22.7 Å². The van der Waals surface area contributed by atoms with Gasteiger partial charge in [-0.3, -0.25) is 4.79 Å². The van der Waals surface area contributed by atoms with Crippen LogP contribution < -0.4 is 5.32 Å². The standard InChI is InChI=1S/C16H17NO2S2/c1-3-12(14-7-5-9-20-14)17-16(19)15-10-11(2)13(21-15)6-4-8-18/h5,7,9-10,12,18H,3,8H2,1-2H3,(H,17,19). The van der Waals surface area contributed by atoms with Crippen molar-refractivity contribution in [3.05, 3.63) is 43.8 Å². The van der Waals surface area contributed by atoms with E-state index in [9.17, 15) is 4.79 Å². The second kappa shape index (κ2) is 7.41. The van der Waals surface area contributed by atoms with E-state index >= 15 is 0 Å². The van der Waals surface area contributed by atoms with E-state index in [1.807, 2.05) is 30.5 Å². The SMILES string of the molecule is CCC(NC(=O)c1cc(C)c(C#CCO)s1)c1cccs1. The van der Waals surface area contributed by atoms with Crippen LogP contribution in [0, 0.1) is 18.8 Å². The van der Waals surface area contributed by atoms with E-state index in [-0.39, 0.29) is 18.6 Å². The van der Waals surface area contributed by atoms with Gasteiger partial charge in [0, 0.05) is 4.88 Å². The van der Waals surface area contributed by atoms with Gasteiger partial charge in [-0.2, -0.15) is 0 Å². The molecule has 0 aliphatic rings. The Kier molecular flexibility index (Phi) is 5.57. The van der Waals surface area contributed by atoms with E-state index in [1.165, 1.54) is 16.2 Å². The summed E-state index contributed by atoms with van der Waals surface area (Å²) in [5, 5.41) is 13.8. The molecule has 0 aliphatic heterocycles. The molecule has 5 heteroatoms. The van der Waals surface area contributed by atoms with Crippen molar-refractivity contribution in [2.24, 2.45) is 0 Å². The molecule has 0 aromatic carbocycles. The Labute approximate surface area is 132 Å². The number of aliphatic hydroxyl groups excluding tert-OH is 1. The third-order valence-corrected chi connectivity index (χ3v) is 5.16. The molecule has 0 spiro atoms. The quantitative estimate of drug-likeness (QED) is 0.849. The van der Waals surface area contributed by atoms with E-state index in [0.717, 1.165) is 16.9 Å². The van der Waals surface area contributed by atoms with Crippen LogP contribution in [0.25, 0.3) is 0 Å². The smallest absolute Gasteiger partial charge is 0.261 e. The van der Waals surface area contributed by atoms with Gasteiger partial charge in [0.25, 0.3) is 5.91 Å². The van der Waals surface area contributed by atoms with Gasteiger partial charge in [0.15, 0.2) is 0 Å². The lowest BCUT2D eigenvalue weighted by molar-refractivity contribution is 0.0940. The predicted molar refractivity (Wildman–Crippen MR) is 87.8 cm³/mol. The number of aliphatic hydroxyl groups is 1. The number of nitrogens with one attached hydrogen (secondary N) is 1. The second-order valence-corrected chi connectivity index (χ2v) is 6.56. The number of carbonyl (C=O) groups is 1. The third kappa shape index (κ3) is 3.94. The average Bonchev–Trinajstić information content (AvgIpc) is 3.12. The van der Waals surface area contributed by atoms with Gasteiger partial charge in [0.1, 0.15) is 6.61 Å². The van der Waals surface area contributed by atoms with Gasteiger partial charge in [-0.05, 0) is 36.4 Å². The Bertz CT molecular complexity index is 662. The van der Waals surface area contributed by atoms with Crippen LogP contribution in [0.1, 0.15) is 44.4 Å². The summed E-state index contributed by atoms with van der Waals surface area (Å²) in [6, 6.07) is 5.93. The number of hydrogen-bond acceptors (Lipinski definition) is 4. The summed E-state index contributed by atoms with van der Waals surface area (Å²) in [5.41, 5.74) is 0.968. The summed E-state index contributed by atoms with van der Waals surface area (Å²) < 4.78 is 0. The number of hydrogen-bond donors (Lipinski definition) is 2. The largest absolute Gasteiger partial charge is 0.384 e. The molecule has 1 unspecified atom stereocenters. The van der Waals surface area contributed by atoms with Crippen LogP contribution >= 0.6 is 22.7 Å². The van der Waals surface area contributed by atoms with Crippen molar-refractivity contribution in [3.63, 3.8) is 0 Å². The monoisotopic (exact) mass is 319 g/mol. The van der Waals surface area contributed by atoms with Crippen LogP contribution in [0.3, 0.4) is 0 Å².